The summed E-state index contributed by atoms with van der Waals surface area (Å²) in [5, 5.41) is 0. The number of rotatable bonds is 11. The summed E-state index contributed by atoms with van der Waals surface area (Å²) in [5.41, 5.74) is 0. The SMILES string of the molecule is CC(=O)OC[C@@H]1O[C@H](OC(C)=O)[C@@H](O[C@H]2O[C@H](COC(C)=O)[C@@H](C)[C@H](OC(C)=O)[C@@H]2OC(C)=O)[C@@H](OC(C)=O)[C@@H]1OC(C)=O. The summed E-state index contributed by atoms with van der Waals surface area (Å²) >= 11 is 0. The molecule has 2 aliphatic heterocycles. The van der Waals surface area contributed by atoms with E-state index in [2.05, 4.69) is 0 Å². The summed E-state index contributed by atoms with van der Waals surface area (Å²) < 4.78 is 55.2. The maximum absolute atomic E-state index is 12.3. The molecule has 17 nitrogen and oxygen atoms in total. The summed E-state index contributed by atoms with van der Waals surface area (Å²) in [6.07, 6.45) is -13.1. The van der Waals surface area contributed by atoms with Gasteiger partial charge in [-0.15, -0.1) is 0 Å². The molecule has 0 aromatic heterocycles. The van der Waals surface area contributed by atoms with Gasteiger partial charge >= 0.3 is 41.8 Å². The molecule has 2 fully saturated rings. The van der Waals surface area contributed by atoms with Gasteiger partial charge in [0.25, 0.3) is 0 Å². The van der Waals surface area contributed by atoms with Crippen LogP contribution < -0.4 is 0 Å². The number of carbonyl (C=O) groups excluding carboxylic acids is 7. The molecule has 0 aromatic rings. The molecule has 0 radical (unpaired) electrons. The van der Waals surface area contributed by atoms with Gasteiger partial charge in [0.1, 0.15) is 31.5 Å². The van der Waals surface area contributed by atoms with Crippen LogP contribution in [0, 0.1) is 5.92 Å². The summed E-state index contributed by atoms with van der Waals surface area (Å²) in [7, 11) is 0. The van der Waals surface area contributed by atoms with Crippen LogP contribution in [0.25, 0.3) is 0 Å². The molecule has 248 valence electrons. The third kappa shape index (κ3) is 10.7. The maximum atomic E-state index is 12.3. The first-order valence-corrected chi connectivity index (χ1v) is 13.6. The Balaban J connectivity index is 2.64. The lowest BCUT2D eigenvalue weighted by molar-refractivity contribution is -0.359. The summed E-state index contributed by atoms with van der Waals surface area (Å²) in [6.45, 7) is 8.40. The van der Waals surface area contributed by atoms with Gasteiger partial charge < -0.3 is 47.4 Å². The van der Waals surface area contributed by atoms with Gasteiger partial charge in [-0.3, -0.25) is 33.6 Å². The highest BCUT2D eigenvalue weighted by atomic mass is 16.8. The van der Waals surface area contributed by atoms with Crippen LogP contribution in [-0.2, 0) is 80.9 Å². The number of hydrogen-bond acceptors (Lipinski definition) is 17. The Bertz CT molecular complexity index is 1090. The molecule has 2 heterocycles. The lowest BCUT2D eigenvalue weighted by Gasteiger charge is -2.48. The molecule has 2 rings (SSSR count). The molecule has 0 amide bonds. The van der Waals surface area contributed by atoms with E-state index >= 15 is 0 Å². The average molecular weight is 635 g/mol. The Morgan fingerprint density at radius 1 is 0.455 bits per heavy atom. The second kappa shape index (κ2) is 16.3. The van der Waals surface area contributed by atoms with E-state index in [0.29, 0.717) is 0 Å². The Labute approximate surface area is 252 Å². The van der Waals surface area contributed by atoms with Crippen LogP contribution in [0.5, 0.6) is 0 Å². The van der Waals surface area contributed by atoms with E-state index in [-0.39, 0.29) is 6.61 Å². The van der Waals surface area contributed by atoms with Gasteiger partial charge in [-0.05, 0) is 0 Å². The molecule has 0 aromatic carbocycles. The minimum Gasteiger partial charge on any atom is -0.463 e. The minimum atomic E-state index is -1.70. The first-order valence-electron chi connectivity index (χ1n) is 13.6. The highest BCUT2D eigenvalue weighted by Gasteiger charge is 2.56. The normalized spacial score (nSPS) is 31.5. The van der Waals surface area contributed by atoms with Crippen molar-refractivity contribution in [3.05, 3.63) is 0 Å². The average Bonchev–Trinajstić information content (AvgIpc) is 2.87. The zero-order valence-electron chi connectivity index (χ0n) is 25.6. The third-order valence-corrected chi connectivity index (χ3v) is 6.28. The van der Waals surface area contributed by atoms with Crippen molar-refractivity contribution in [2.75, 3.05) is 13.2 Å². The smallest absolute Gasteiger partial charge is 0.305 e. The molecule has 0 N–H and O–H groups in total. The van der Waals surface area contributed by atoms with Crippen molar-refractivity contribution in [3.63, 3.8) is 0 Å². The highest BCUT2D eigenvalue weighted by molar-refractivity contribution is 5.69. The van der Waals surface area contributed by atoms with Crippen LogP contribution in [0.4, 0.5) is 0 Å². The number of carbonyl (C=O) groups is 7. The van der Waals surface area contributed by atoms with Gasteiger partial charge in [0.15, 0.2) is 30.7 Å². The lowest BCUT2D eigenvalue weighted by atomic mass is 9.90. The van der Waals surface area contributed by atoms with Crippen LogP contribution in [-0.4, -0.2) is 110 Å². The summed E-state index contributed by atoms with van der Waals surface area (Å²) in [5.74, 6) is -6.24. The maximum Gasteiger partial charge on any atom is 0.305 e. The van der Waals surface area contributed by atoms with Gasteiger partial charge in [0.2, 0.25) is 6.29 Å². The fourth-order valence-electron chi connectivity index (χ4n) is 4.65. The standard InChI is InChI=1S/C27H38O17/c1-11-19(9-35-12(2)28)42-27(24(40-17(7)33)21(11)37-14(4)30)44-25-23(39-16(6)32)22(38-15(5)31)20(10-36-13(3)29)43-26(25)41-18(8)34/h11,19-27H,9-10H2,1-8H3/t11-,19-,20+,21+,22-,23+,24+,25+,26+,27-/m1/s1. The highest BCUT2D eigenvalue weighted by Crippen LogP contribution is 2.36. The fourth-order valence-corrected chi connectivity index (χ4v) is 4.65. The molecule has 0 unspecified atom stereocenters. The molecule has 2 saturated heterocycles. The second-order valence-electron chi connectivity index (χ2n) is 10.1. The van der Waals surface area contributed by atoms with Crippen molar-refractivity contribution in [2.24, 2.45) is 5.92 Å². The van der Waals surface area contributed by atoms with Crippen LogP contribution in [0.15, 0.2) is 0 Å². The zero-order chi connectivity index (χ0) is 33.3. The molecule has 0 bridgehead atoms. The first-order chi connectivity index (χ1) is 20.5. The Hall–Kier alpha value is -3.83. The predicted octanol–water partition coefficient (Wildman–Crippen LogP) is -0.126. The molecular formula is C27H38O17. The lowest BCUT2D eigenvalue weighted by Crippen LogP contribution is -2.66. The van der Waals surface area contributed by atoms with E-state index in [4.69, 9.17) is 47.4 Å². The molecule has 44 heavy (non-hydrogen) atoms. The van der Waals surface area contributed by atoms with Crippen LogP contribution in [0.2, 0.25) is 0 Å². The van der Waals surface area contributed by atoms with Gasteiger partial charge in [0, 0.05) is 54.4 Å². The quantitative estimate of drug-likeness (QED) is 0.214. The van der Waals surface area contributed by atoms with Gasteiger partial charge in [-0.25, -0.2) is 0 Å². The van der Waals surface area contributed by atoms with E-state index < -0.39 is 110 Å². The first kappa shape index (κ1) is 36.4. The van der Waals surface area contributed by atoms with Gasteiger partial charge in [0.05, 0.1) is 0 Å². The van der Waals surface area contributed by atoms with Crippen molar-refractivity contribution >= 4 is 41.8 Å². The van der Waals surface area contributed by atoms with Crippen molar-refractivity contribution in [1.82, 2.24) is 0 Å². The van der Waals surface area contributed by atoms with E-state index in [1.807, 2.05) is 0 Å². The minimum absolute atomic E-state index is 0.330. The molecule has 0 saturated carbocycles. The van der Waals surface area contributed by atoms with Crippen molar-refractivity contribution in [2.45, 2.75) is 111 Å². The third-order valence-electron chi connectivity index (χ3n) is 6.28. The predicted molar refractivity (Wildman–Crippen MR) is 139 cm³/mol. The topological polar surface area (TPSA) is 212 Å². The molecule has 0 aliphatic carbocycles. The van der Waals surface area contributed by atoms with Crippen molar-refractivity contribution < 1.29 is 80.9 Å². The molecule has 17 heteroatoms. The summed E-state index contributed by atoms with van der Waals surface area (Å²) in [4.78, 5) is 83.7. The fraction of sp³-hybridized carbons (Fsp3) is 0.741. The second-order valence-corrected chi connectivity index (χ2v) is 10.1. The number of esters is 7. The van der Waals surface area contributed by atoms with Crippen LogP contribution in [0.1, 0.15) is 55.4 Å². The molecule has 0 spiro atoms. The largest absolute Gasteiger partial charge is 0.463 e. The van der Waals surface area contributed by atoms with Crippen molar-refractivity contribution in [1.29, 1.82) is 0 Å². The molecule has 10 atom stereocenters. The van der Waals surface area contributed by atoms with E-state index in [1.165, 1.54) is 6.92 Å². The van der Waals surface area contributed by atoms with Crippen LogP contribution in [0.3, 0.4) is 0 Å². The van der Waals surface area contributed by atoms with Gasteiger partial charge in [-0.2, -0.15) is 0 Å². The number of ether oxygens (including phenoxy) is 10. The van der Waals surface area contributed by atoms with E-state index in [0.717, 1.165) is 41.5 Å². The monoisotopic (exact) mass is 634 g/mol. The summed E-state index contributed by atoms with van der Waals surface area (Å²) in [6, 6.07) is 0. The molecular weight excluding hydrogens is 596 g/mol. The van der Waals surface area contributed by atoms with Gasteiger partial charge in [-0.1, -0.05) is 6.92 Å². The Morgan fingerprint density at radius 3 is 1.34 bits per heavy atom. The zero-order valence-corrected chi connectivity index (χ0v) is 25.6. The molecule has 2 aliphatic rings. The van der Waals surface area contributed by atoms with Crippen LogP contribution >= 0.6 is 0 Å². The van der Waals surface area contributed by atoms with Crippen molar-refractivity contribution in [3.8, 4) is 0 Å². The number of hydrogen-bond donors (Lipinski definition) is 0. The Morgan fingerprint density at radius 2 is 0.864 bits per heavy atom. The Kier molecular flexibility index (Phi) is 13.5. The van der Waals surface area contributed by atoms with E-state index in [9.17, 15) is 33.6 Å². The van der Waals surface area contributed by atoms with E-state index in [1.54, 1.807) is 6.92 Å².